The third-order valence-electron chi connectivity index (χ3n) is 3.54. The number of carboxylic acid groups (broad SMARTS) is 1. The summed E-state index contributed by atoms with van der Waals surface area (Å²) in [6.07, 6.45) is -3.94. The maximum absolute atomic E-state index is 13.9. The van der Waals surface area contributed by atoms with Gasteiger partial charge < -0.3 is 10.4 Å². The molecule has 0 aliphatic carbocycles. The van der Waals surface area contributed by atoms with Crippen molar-refractivity contribution in [3.8, 4) is 5.69 Å². The lowest BCUT2D eigenvalue weighted by molar-refractivity contribution is -0.143. The Morgan fingerprint density at radius 1 is 1.31 bits per heavy atom. The minimum absolute atomic E-state index is 0.0455. The van der Waals surface area contributed by atoms with E-state index >= 15 is 0 Å². The quantitative estimate of drug-likeness (QED) is 0.763. The molecule has 1 aromatic carbocycles. The molecule has 26 heavy (non-hydrogen) atoms. The number of carboxylic acids is 1. The van der Waals surface area contributed by atoms with Crippen LogP contribution in [0.15, 0.2) is 30.5 Å². The van der Waals surface area contributed by atoms with Crippen LogP contribution >= 0.6 is 0 Å². The molecule has 140 valence electrons. The molecule has 0 aliphatic heterocycles. The van der Waals surface area contributed by atoms with Gasteiger partial charge in [-0.2, -0.15) is 18.3 Å². The van der Waals surface area contributed by atoms with Crippen LogP contribution in [0.3, 0.4) is 0 Å². The van der Waals surface area contributed by atoms with E-state index < -0.39 is 46.9 Å². The van der Waals surface area contributed by atoms with Crippen molar-refractivity contribution in [3.63, 3.8) is 0 Å². The number of halogens is 4. The normalized spacial score (nSPS) is 12.7. The fourth-order valence-corrected chi connectivity index (χ4v) is 2.38. The second-order valence-corrected chi connectivity index (χ2v) is 5.42. The number of carbonyl (C=O) groups is 2. The number of nitrogens with zero attached hydrogens (tertiary/aromatic N) is 2. The second-order valence-electron chi connectivity index (χ2n) is 5.42. The van der Waals surface area contributed by atoms with Crippen LogP contribution in [-0.2, 0) is 11.0 Å². The van der Waals surface area contributed by atoms with Crippen LogP contribution in [0.2, 0.25) is 0 Å². The molecule has 0 spiro atoms. The molecule has 2 rings (SSSR count). The van der Waals surface area contributed by atoms with E-state index in [1.54, 1.807) is 6.92 Å². The number of hydrogen-bond donors (Lipinski definition) is 2. The van der Waals surface area contributed by atoms with Crippen molar-refractivity contribution in [3.05, 3.63) is 47.5 Å². The average molecular weight is 373 g/mol. The summed E-state index contributed by atoms with van der Waals surface area (Å²) in [7, 11) is 0. The Bertz CT molecular complexity index is 817. The zero-order chi connectivity index (χ0) is 19.5. The van der Waals surface area contributed by atoms with Crippen LogP contribution in [0.4, 0.5) is 17.6 Å². The highest BCUT2D eigenvalue weighted by atomic mass is 19.4. The van der Waals surface area contributed by atoms with Crippen molar-refractivity contribution in [2.24, 2.45) is 0 Å². The minimum atomic E-state index is -5.02. The molecule has 1 heterocycles. The summed E-state index contributed by atoms with van der Waals surface area (Å²) in [6, 6.07) is 3.31. The smallest absolute Gasteiger partial charge is 0.434 e. The van der Waals surface area contributed by atoms with Gasteiger partial charge in [0, 0.05) is 0 Å². The Hall–Kier alpha value is -2.91. The number of carbonyl (C=O) groups excluding carboxylic acids is 1. The van der Waals surface area contributed by atoms with Crippen LogP contribution < -0.4 is 5.32 Å². The van der Waals surface area contributed by atoms with E-state index in [-0.39, 0.29) is 11.1 Å². The monoisotopic (exact) mass is 373 g/mol. The van der Waals surface area contributed by atoms with Gasteiger partial charge in [-0.15, -0.1) is 0 Å². The van der Waals surface area contributed by atoms with Gasteiger partial charge in [0.1, 0.15) is 17.5 Å². The summed E-state index contributed by atoms with van der Waals surface area (Å²) in [5.41, 5.74) is -2.86. The third kappa shape index (κ3) is 4.01. The molecule has 1 amide bonds. The Labute approximate surface area is 145 Å². The lowest BCUT2D eigenvalue weighted by Gasteiger charge is -2.15. The Balaban J connectivity index is 2.49. The highest BCUT2D eigenvalue weighted by molar-refractivity contribution is 5.97. The van der Waals surface area contributed by atoms with Gasteiger partial charge in [0.25, 0.3) is 5.91 Å². The molecule has 2 aromatic rings. The van der Waals surface area contributed by atoms with Gasteiger partial charge in [-0.05, 0) is 18.6 Å². The molecule has 1 unspecified atom stereocenters. The van der Waals surface area contributed by atoms with Gasteiger partial charge in [0.2, 0.25) is 0 Å². The fourth-order valence-electron chi connectivity index (χ4n) is 2.38. The van der Waals surface area contributed by atoms with Gasteiger partial charge in [-0.3, -0.25) is 4.79 Å². The molecule has 0 bridgehead atoms. The van der Waals surface area contributed by atoms with Crippen molar-refractivity contribution >= 4 is 11.9 Å². The number of rotatable bonds is 6. The topological polar surface area (TPSA) is 84.2 Å². The van der Waals surface area contributed by atoms with E-state index in [2.05, 4.69) is 5.10 Å². The first-order valence-corrected chi connectivity index (χ1v) is 7.60. The minimum Gasteiger partial charge on any atom is -0.480 e. The summed E-state index contributed by atoms with van der Waals surface area (Å²) in [6.45, 7) is 1.67. The van der Waals surface area contributed by atoms with Crippen molar-refractivity contribution in [1.82, 2.24) is 15.1 Å². The van der Waals surface area contributed by atoms with Gasteiger partial charge >= 0.3 is 12.1 Å². The number of hydrogen-bond acceptors (Lipinski definition) is 3. The molecule has 0 aliphatic rings. The van der Waals surface area contributed by atoms with Gasteiger partial charge in [-0.1, -0.05) is 25.5 Å². The average Bonchev–Trinajstić information content (AvgIpc) is 3.00. The number of para-hydroxylation sites is 1. The van der Waals surface area contributed by atoms with Crippen molar-refractivity contribution in [2.45, 2.75) is 32.0 Å². The molecular weight excluding hydrogens is 358 g/mol. The van der Waals surface area contributed by atoms with E-state index in [0.717, 1.165) is 12.1 Å². The Morgan fingerprint density at radius 2 is 1.96 bits per heavy atom. The molecule has 0 fully saturated rings. The molecule has 0 saturated heterocycles. The molecule has 1 aromatic heterocycles. The van der Waals surface area contributed by atoms with Crippen LogP contribution in [0.5, 0.6) is 0 Å². The van der Waals surface area contributed by atoms with Crippen molar-refractivity contribution in [2.75, 3.05) is 0 Å². The van der Waals surface area contributed by atoms with E-state index in [4.69, 9.17) is 5.11 Å². The number of aliphatic carboxylic acids is 1. The summed E-state index contributed by atoms with van der Waals surface area (Å²) < 4.78 is 54.6. The van der Waals surface area contributed by atoms with Crippen LogP contribution in [0, 0.1) is 5.82 Å². The zero-order valence-corrected chi connectivity index (χ0v) is 13.5. The Kier molecular flexibility index (Phi) is 5.63. The lowest BCUT2D eigenvalue weighted by Crippen LogP contribution is -2.41. The third-order valence-corrected chi connectivity index (χ3v) is 3.54. The standard InChI is InChI=1S/C16H15F4N3O3/c1-2-5-11(15(25)26)22-14(24)9-8-21-23(13(9)16(18,19)20)12-7-4-3-6-10(12)17/h3-4,6-8,11H,2,5H2,1H3,(H,22,24)(H,25,26). The predicted molar refractivity (Wildman–Crippen MR) is 82.3 cm³/mol. The highest BCUT2D eigenvalue weighted by Gasteiger charge is 2.41. The number of amides is 1. The molecule has 0 saturated carbocycles. The number of benzene rings is 1. The maximum Gasteiger partial charge on any atom is 0.434 e. The first-order valence-electron chi connectivity index (χ1n) is 7.60. The number of aromatic nitrogens is 2. The predicted octanol–water partition coefficient (Wildman–Crippen LogP) is 3.01. The SMILES string of the molecule is CCCC(NC(=O)c1cnn(-c2ccccc2F)c1C(F)(F)F)C(=O)O. The first kappa shape index (κ1) is 19.4. The van der Waals surface area contributed by atoms with Crippen molar-refractivity contribution in [1.29, 1.82) is 0 Å². The molecular formula is C16H15F4N3O3. The second kappa shape index (κ2) is 7.54. The summed E-state index contributed by atoms with van der Waals surface area (Å²) in [5.74, 6) is -3.57. The summed E-state index contributed by atoms with van der Waals surface area (Å²) >= 11 is 0. The van der Waals surface area contributed by atoms with Crippen LogP contribution in [0.1, 0.15) is 35.8 Å². The van der Waals surface area contributed by atoms with E-state index in [0.29, 0.717) is 12.6 Å². The maximum atomic E-state index is 13.9. The highest BCUT2D eigenvalue weighted by Crippen LogP contribution is 2.34. The summed E-state index contributed by atoms with van der Waals surface area (Å²) in [4.78, 5) is 23.3. The van der Waals surface area contributed by atoms with Crippen LogP contribution in [-0.4, -0.2) is 32.8 Å². The molecule has 2 N–H and O–H groups in total. The first-order chi connectivity index (χ1) is 12.2. The lowest BCUT2D eigenvalue weighted by atomic mass is 10.1. The van der Waals surface area contributed by atoms with E-state index in [9.17, 15) is 27.2 Å². The zero-order valence-electron chi connectivity index (χ0n) is 13.5. The van der Waals surface area contributed by atoms with Gasteiger partial charge in [0.05, 0.1) is 11.8 Å². The molecule has 6 nitrogen and oxygen atoms in total. The Morgan fingerprint density at radius 3 is 2.50 bits per heavy atom. The fraction of sp³-hybridized carbons (Fsp3) is 0.312. The molecule has 0 radical (unpaired) electrons. The van der Waals surface area contributed by atoms with Crippen LogP contribution in [0.25, 0.3) is 5.69 Å². The van der Waals surface area contributed by atoms with Gasteiger partial charge in [0.15, 0.2) is 5.69 Å². The number of nitrogens with one attached hydrogen (secondary N) is 1. The summed E-state index contributed by atoms with van der Waals surface area (Å²) in [5, 5.41) is 14.6. The van der Waals surface area contributed by atoms with E-state index in [1.807, 2.05) is 5.32 Å². The largest absolute Gasteiger partial charge is 0.480 e. The van der Waals surface area contributed by atoms with E-state index in [1.165, 1.54) is 12.1 Å². The number of alkyl halides is 3. The van der Waals surface area contributed by atoms with Gasteiger partial charge in [-0.25, -0.2) is 13.9 Å². The molecule has 1 atom stereocenters. The molecule has 10 heteroatoms. The van der Waals surface area contributed by atoms with Crippen molar-refractivity contribution < 1.29 is 32.3 Å².